The normalized spacial score (nSPS) is 24.0. The van der Waals surface area contributed by atoms with Crippen molar-refractivity contribution in [3.8, 4) is 0 Å². The van der Waals surface area contributed by atoms with Gasteiger partial charge in [-0.1, -0.05) is 0 Å². The van der Waals surface area contributed by atoms with Crippen LogP contribution in [-0.2, 0) is 29.5 Å². The number of rotatable bonds is 5. The molecule has 0 spiro atoms. The SMILES string of the molecule is Cn1cc(Nc2nc(N[C@H]3CC[C@H](N4CCOCC4)CC3)c3c4c(sc3n2)COCC4)cn1. The summed E-state index contributed by atoms with van der Waals surface area (Å²) in [6, 6.07) is 1.12. The van der Waals surface area contributed by atoms with E-state index in [2.05, 4.69) is 20.6 Å². The molecule has 0 bridgehead atoms. The number of aryl methyl sites for hydroxylation is 1. The van der Waals surface area contributed by atoms with E-state index in [9.17, 15) is 0 Å². The van der Waals surface area contributed by atoms with Crippen molar-refractivity contribution in [2.24, 2.45) is 7.05 Å². The van der Waals surface area contributed by atoms with Crippen LogP contribution in [0.15, 0.2) is 12.4 Å². The number of hydrogen-bond acceptors (Lipinski definition) is 9. The minimum Gasteiger partial charge on any atom is -0.379 e. The summed E-state index contributed by atoms with van der Waals surface area (Å²) in [7, 11) is 1.91. The van der Waals surface area contributed by atoms with Crippen molar-refractivity contribution in [3.63, 3.8) is 0 Å². The fourth-order valence-corrected chi connectivity index (χ4v) is 6.48. The number of thiophene rings is 1. The van der Waals surface area contributed by atoms with Crippen LogP contribution >= 0.6 is 11.3 Å². The predicted octanol–water partition coefficient (Wildman–Crippen LogP) is 3.30. The van der Waals surface area contributed by atoms with Gasteiger partial charge in [-0.25, -0.2) is 4.98 Å². The van der Waals surface area contributed by atoms with Crippen molar-refractivity contribution in [2.75, 3.05) is 43.5 Å². The molecule has 176 valence electrons. The lowest BCUT2D eigenvalue weighted by molar-refractivity contribution is 0.00791. The molecule has 2 fully saturated rings. The summed E-state index contributed by atoms with van der Waals surface area (Å²) < 4.78 is 13.0. The average molecular weight is 470 g/mol. The Balaban J connectivity index is 1.25. The number of hydrogen-bond donors (Lipinski definition) is 2. The molecule has 6 rings (SSSR count). The van der Waals surface area contributed by atoms with Crippen molar-refractivity contribution in [1.29, 1.82) is 0 Å². The first kappa shape index (κ1) is 21.3. The summed E-state index contributed by atoms with van der Waals surface area (Å²) in [6.45, 7) is 5.32. The summed E-state index contributed by atoms with van der Waals surface area (Å²) in [5.41, 5.74) is 2.25. The molecule has 1 aliphatic carbocycles. The fraction of sp³-hybridized carbons (Fsp3) is 0.609. The van der Waals surface area contributed by atoms with Crippen LogP contribution in [0.4, 0.5) is 17.5 Å². The third-order valence-corrected chi connectivity index (χ3v) is 8.12. The maximum Gasteiger partial charge on any atom is 0.230 e. The van der Waals surface area contributed by atoms with Crippen LogP contribution in [0.2, 0.25) is 0 Å². The highest BCUT2D eigenvalue weighted by Gasteiger charge is 2.28. The molecule has 9 nitrogen and oxygen atoms in total. The molecule has 3 aliphatic rings. The second kappa shape index (κ2) is 9.17. The van der Waals surface area contributed by atoms with Gasteiger partial charge in [0.05, 0.1) is 43.7 Å². The van der Waals surface area contributed by atoms with Gasteiger partial charge in [0.15, 0.2) is 0 Å². The minimum absolute atomic E-state index is 0.432. The largest absolute Gasteiger partial charge is 0.379 e. The quantitative estimate of drug-likeness (QED) is 0.588. The molecule has 3 aromatic rings. The third-order valence-electron chi connectivity index (χ3n) is 7.02. The van der Waals surface area contributed by atoms with E-state index < -0.39 is 0 Å². The van der Waals surface area contributed by atoms with Crippen LogP contribution in [-0.4, -0.2) is 69.6 Å². The molecule has 0 amide bonds. The number of nitrogens with one attached hydrogen (secondary N) is 2. The van der Waals surface area contributed by atoms with Crippen LogP contribution < -0.4 is 10.6 Å². The van der Waals surface area contributed by atoms with Crippen LogP contribution in [0, 0.1) is 0 Å². The molecular formula is C23H31N7O2S. The third kappa shape index (κ3) is 4.44. The monoisotopic (exact) mass is 469 g/mol. The molecule has 0 unspecified atom stereocenters. The van der Waals surface area contributed by atoms with Crippen molar-refractivity contribution in [1.82, 2.24) is 24.6 Å². The minimum atomic E-state index is 0.432. The predicted molar refractivity (Wildman–Crippen MR) is 129 cm³/mol. The molecule has 1 saturated carbocycles. The standard InChI is InChI=1S/C23H31N7O2S/c1-29-13-16(12-24-29)26-23-27-21(20-18-6-9-32-14-19(18)33-22(20)28-23)25-15-2-4-17(5-3-15)30-7-10-31-11-8-30/h12-13,15,17H,2-11,14H2,1H3,(H2,25,26,27,28)/t15-,17-. The van der Waals surface area contributed by atoms with Gasteiger partial charge in [0.1, 0.15) is 10.6 Å². The van der Waals surface area contributed by atoms with Gasteiger partial charge in [0.2, 0.25) is 5.95 Å². The Bertz CT molecular complexity index is 1120. The van der Waals surface area contributed by atoms with Gasteiger partial charge in [-0.05, 0) is 37.7 Å². The molecule has 5 heterocycles. The smallest absolute Gasteiger partial charge is 0.230 e. The Morgan fingerprint density at radius 3 is 2.70 bits per heavy atom. The van der Waals surface area contributed by atoms with Crippen molar-refractivity contribution in [2.45, 2.75) is 50.8 Å². The molecule has 3 aromatic heterocycles. The molecule has 0 radical (unpaired) electrons. The van der Waals surface area contributed by atoms with Gasteiger partial charge >= 0.3 is 0 Å². The van der Waals surface area contributed by atoms with Crippen LogP contribution in [0.3, 0.4) is 0 Å². The van der Waals surface area contributed by atoms with Gasteiger partial charge in [-0.2, -0.15) is 10.1 Å². The Labute approximate surface area is 197 Å². The zero-order valence-electron chi connectivity index (χ0n) is 19.0. The van der Waals surface area contributed by atoms with Crippen molar-refractivity contribution in [3.05, 3.63) is 22.8 Å². The average Bonchev–Trinajstić information content (AvgIpc) is 3.43. The zero-order valence-corrected chi connectivity index (χ0v) is 19.9. The van der Waals surface area contributed by atoms with E-state index in [0.717, 1.165) is 68.5 Å². The summed E-state index contributed by atoms with van der Waals surface area (Å²) in [5.74, 6) is 1.57. The fourth-order valence-electron chi connectivity index (χ4n) is 5.32. The lowest BCUT2D eigenvalue weighted by Gasteiger charge is -2.39. The highest BCUT2D eigenvalue weighted by molar-refractivity contribution is 7.19. The highest BCUT2D eigenvalue weighted by atomic mass is 32.1. The Morgan fingerprint density at radius 1 is 1.06 bits per heavy atom. The van der Waals surface area contributed by atoms with Gasteiger partial charge < -0.3 is 20.1 Å². The first-order valence-electron chi connectivity index (χ1n) is 12.0. The first-order chi connectivity index (χ1) is 16.2. The van der Waals surface area contributed by atoms with E-state index in [4.69, 9.17) is 19.4 Å². The molecule has 10 heteroatoms. The molecular weight excluding hydrogens is 438 g/mol. The van der Waals surface area contributed by atoms with Crippen LogP contribution in [0.25, 0.3) is 10.2 Å². The van der Waals surface area contributed by atoms with Gasteiger partial charge in [-0.15, -0.1) is 11.3 Å². The number of morpholine rings is 1. The van der Waals surface area contributed by atoms with E-state index >= 15 is 0 Å². The van der Waals surface area contributed by atoms with Gasteiger partial charge in [0.25, 0.3) is 0 Å². The maximum atomic E-state index is 5.72. The van der Waals surface area contributed by atoms with E-state index in [1.165, 1.54) is 28.7 Å². The van der Waals surface area contributed by atoms with E-state index in [-0.39, 0.29) is 0 Å². The highest BCUT2D eigenvalue weighted by Crippen LogP contribution is 2.39. The molecule has 1 saturated heterocycles. The summed E-state index contributed by atoms with van der Waals surface area (Å²) in [4.78, 5) is 14.7. The molecule has 2 N–H and O–H groups in total. The van der Waals surface area contributed by atoms with E-state index in [0.29, 0.717) is 24.6 Å². The van der Waals surface area contributed by atoms with Gasteiger partial charge in [-0.3, -0.25) is 9.58 Å². The summed E-state index contributed by atoms with van der Waals surface area (Å²) >= 11 is 1.73. The summed E-state index contributed by atoms with van der Waals surface area (Å²) in [5, 5.41) is 12.6. The Kier molecular flexibility index (Phi) is 5.91. The lowest BCUT2D eigenvalue weighted by Crippen LogP contribution is -2.46. The molecule has 2 aliphatic heterocycles. The number of fused-ring (bicyclic) bond motifs is 3. The molecule has 0 aromatic carbocycles. The van der Waals surface area contributed by atoms with Crippen molar-refractivity contribution >= 4 is 39.0 Å². The zero-order chi connectivity index (χ0) is 22.2. The Morgan fingerprint density at radius 2 is 1.91 bits per heavy atom. The first-order valence-corrected chi connectivity index (χ1v) is 12.8. The van der Waals surface area contributed by atoms with E-state index in [1.807, 2.05) is 13.2 Å². The second-order valence-corrected chi connectivity index (χ2v) is 10.3. The number of ether oxygens (including phenoxy) is 2. The number of nitrogens with zero attached hydrogens (tertiary/aromatic N) is 5. The number of aromatic nitrogens is 4. The molecule has 33 heavy (non-hydrogen) atoms. The second-order valence-electron chi connectivity index (χ2n) is 9.21. The van der Waals surface area contributed by atoms with E-state index in [1.54, 1.807) is 22.2 Å². The Hall–Kier alpha value is -2.27. The lowest BCUT2D eigenvalue weighted by atomic mass is 9.90. The molecule has 0 atom stereocenters. The maximum absolute atomic E-state index is 5.72. The number of anilines is 3. The van der Waals surface area contributed by atoms with Crippen molar-refractivity contribution < 1.29 is 9.47 Å². The van der Waals surface area contributed by atoms with Gasteiger partial charge in [0, 0.05) is 43.3 Å². The van der Waals surface area contributed by atoms with Crippen LogP contribution in [0.5, 0.6) is 0 Å². The topological polar surface area (TPSA) is 89.4 Å². The van der Waals surface area contributed by atoms with Crippen LogP contribution in [0.1, 0.15) is 36.1 Å². The summed E-state index contributed by atoms with van der Waals surface area (Å²) in [6.07, 6.45) is 9.42.